The third-order valence-corrected chi connectivity index (χ3v) is 7.69. The molecule has 3 rings (SSSR count). The largest absolute Gasteiger partial charge is 0.445 e. The quantitative estimate of drug-likeness (QED) is 0.156. The number of nitrogens with one attached hydrogen (secondary N) is 3. The molecule has 0 aliphatic heterocycles. The van der Waals surface area contributed by atoms with E-state index in [0.29, 0.717) is 25.8 Å². The highest BCUT2D eigenvalue weighted by Crippen LogP contribution is 2.28. The number of nitrogens with two attached hydrogens (primary N) is 2. The molecule has 1 aliphatic carbocycles. The van der Waals surface area contributed by atoms with Gasteiger partial charge in [0, 0.05) is 13.0 Å². The summed E-state index contributed by atoms with van der Waals surface area (Å²) in [7, 11) is 0. The van der Waals surface area contributed by atoms with Crippen LogP contribution in [0.3, 0.4) is 0 Å². The lowest BCUT2D eigenvalue weighted by molar-refractivity contribution is -0.131. The summed E-state index contributed by atoms with van der Waals surface area (Å²) in [6, 6.07) is 15.6. The van der Waals surface area contributed by atoms with Crippen LogP contribution in [0.25, 0.3) is 0 Å². The fraction of sp³-hybridized carbons (Fsp3) is 0.412. The summed E-state index contributed by atoms with van der Waals surface area (Å²) in [5.41, 5.74) is 16.3. The lowest BCUT2D eigenvalue weighted by Gasteiger charge is -2.25. The number of amides is 4. The van der Waals surface area contributed by atoms with Crippen LogP contribution in [0.2, 0.25) is 0 Å². The van der Waals surface area contributed by atoms with E-state index < -0.39 is 48.0 Å². The molecule has 11 nitrogen and oxygen atoms in total. The third-order valence-electron chi connectivity index (χ3n) is 7.69. The molecule has 4 unspecified atom stereocenters. The van der Waals surface area contributed by atoms with E-state index in [1.54, 1.807) is 6.08 Å². The van der Waals surface area contributed by atoms with E-state index in [-0.39, 0.29) is 25.9 Å². The normalized spacial score (nSPS) is 16.5. The number of carbonyl (C=O) groups excluding carboxylic acids is 4. The van der Waals surface area contributed by atoms with E-state index in [2.05, 4.69) is 16.0 Å². The van der Waals surface area contributed by atoms with Gasteiger partial charge < -0.3 is 37.3 Å². The van der Waals surface area contributed by atoms with Crippen LogP contribution in [0.4, 0.5) is 4.79 Å². The maximum atomic E-state index is 13.4. The monoisotopic (exact) mass is 619 g/mol. The van der Waals surface area contributed by atoms with Gasteiger partial charge in [-0.25, -0.2) is 4.79 Å². The van der Waals surface area contributed by atoms with Crippen molar-refractivity contribution in [2.75, 3.05) is 6.54 Å². The summed E-state index contributed by atoms with van der Waals surface area (Å²) in [6.45, 7) is 4.22. The van der Waals surface area contributed by atoms with Crippen molar-refractivity contribution in [2.45, 2.75) is 83.2 Å². The number of aliphatic hydroxyl groups excluding tert-OH is 1. The number of ether oxygens (including phenoxy) is 1. The van der Waals surface area contributed by atoms with E-state index >= 15 is 0 Å². The van der Waals surface area contributed by atoms with Crippen molar-refractivity contribution < 1.29 is 29.0 Å². The van der Waals surface area contributed by atoms with Crippen molar-refractivity contribution in [1.29, 1.82) is 0 Å². The molecule has 0 spiro atoms. The Kier molecular flexibility index (Phi) is 13.8. The van der Waals surface area contributed by atoms with Crippen molar-refractivity contribution in [3.8, 4) is 0 Å². The molecule has 0 heterocycles. The van der Waals surface area contributed by atoms with Crippen LogP contribution in [-0.4, -0.2) is 59.7 Å². The van der Waals surface area contributed by atoms with Crippen molar-refractivity contribution >= 4 is 23.8 Å². The molecule has 8 N–H and O–H groups in total. The number of hydrogen-bond donors (Lipinski definition) is 6. The molecule has 2 aromatic rings. The van der Waals surface area contributed by atoms with Crippen LogP contribution in [-0.2, 0) is 32.1 Å². The summed E-state index contributed by atoms with van der Waals surface area (Å²) < 4.78 is 5.22. The number of benzene rings is 2. The van der Waals surface area contributed by atoms with Crippen LogP contribution >= 0.6 is 0 Å². The molecule has 0 saturated heterocycles. The Hall–Kier alpha value is -4.48. The summed E-state index contributed by atoms with van der Waals surface area (Å²) >= 11 is 0. The smallest absolute Gasteiger partial charge is 0.407 e. The van der Waals surface area contributed by atoms with Gasteiger partial charge in [-0.15, -0.1) is 0 Å². The lowest BCUT2D eigenvalue weighted by atomic mass is 9.87. The molecule has 11 heteroatoms. The predicted molar refractivity (Wildman–Crippen MR) is 171 cm³/mol. The minimum atomic E-state index is -0.994. The van der Waals surface area contributed by atoms with Gasteiger partial charge in [-0.2, -0.15) is 0 Å². The summed E-state index contributed by atoms with van der Waals surface area (Å²) in [5, 5.41) is 18.1. The average molecular weight is 620 g/mol. The number of primary amides is 1. The first-order chi connectivity index (χ1) is 21.5. The highest BCUT2D eigenvalue weighted by molar-refractivity contribution is 5.92. The van der Waals surface area contributed by atoms with Gasteiger partial charge >= 0.3 is 6.09 Å². The van der Waals surface area contributed by atoms with Gasteiger partial charge in [-0.1, -0.05) is 72.3 Å². The molecule has 0 radical (unpaired) electrons. The maximum Gasteiger partial charge on any atom is 0.407 e. The van der Waals surface area contributed by atoms with Crippen molar-refractivity contribution in [1.82, 2.24) is 16.0 Å². The Labute approximate surface area is 264 Å². The SMILES string of the molecule is CC1=CC(O)CC(C)=C1CC(N)C(=O)NC(CCCCNC(=O)OCc1ccccc1)C(=O)NC(Cc1ccccc1)C(N)=O. The van der Waals surface area contributed by atoms with Crippen LogP contribution in [0.1, 0.15) is 57.1 Å². The lowest BCUT2D eigenvalue weighted by Crippen LogP contribution is -2.55. The standard InChI is InChI=1S/C34H45N5O6/c1-22-17-26(40)18-23(2)27(22)20-28(35)32(42)38-29(33(43)39-30(31(36)41)19-24-11-5-3-6-12-24)15-9-10-16-37-34(44)45-21-25-13-7-4-8-14-25/h3-8,11-14,17,26,28-30,40H,9-10,15-16,18-21,35H2,1-2H3,(H2,36,41)(H,37,44)(H,38,42)(H,39,43). The molecule has 45 heavy (non-hydrogen) atoms. The van der Waals surface area contributed by atoms with E-state index in [0.717, 1.165) is 27.8 Å². The number of unbranched alkanes of at least 4 members (excludes halogenated alkanes) is 1. The second-order valence-electron chi connectivity index (χ2n) is 11.4. The maximum absolute atomic E-state index is 13.4. The Balaban J connectivity index is 1.59. The van der Waals surface area contributed by atoms with Crippen molar-refractivity contribution in [2.24, 2.45) is 11.5 Å². The Morgan fingerprint density at radius 2 is 1.51 bits per heavy atom. The highest BCUT2D eigenvalue weighted by Gasteiger charge is 2.28. The average Bonchev–Trinajstić information content (AvgIpc) is 3.01. The number of hydrogen-bond acceptors (Lipinski definition) is 7. The molecular weight excluding hydrogens is 574 g/mol. The molecule has 4 amide bonds. The van der Waals surface area contributed by atoms with Crippen molar-refractivity contribution in [3.05, 3.63) is 94.6 Å². The zero-order valence-electron chi connectivity index (χ0n) is 26.0. The summed E-state index contributed by atoms with van der Waals surface area (Å²) in [5.74, 6) is -1.77. The van der Waals surface area contributed by atoms with Crippen LogP contribution in [0.5, 0.6) is 0 Å². The molecule has 4 atom stereocenters. The van der Waals surface area contributed by atoms with Gasteiger partial charge in [0.05, 0.1) is 12.1 Å². The molecule has 242 valence electrons. The van der Waals surface area contributed by atoms with E-state index in [1.807, 2.05) is 74.5 Å². The van der Waals surface area contributed by atoms with Gasteiger partial charge in [0.2, 0.25) is 17.7 Å². The summed E-state index contributed by atoms with van der Waals surface area (Å²) in [4.78, 5) is 50.9. The number of aliphatic hydroxyl groups is 1. The first-order valence-corrected chi connectivity index (χ1v) is 15.2. The second-order valence-corrected chi connectivity index (χ2v) is 11.4. The molecular formula is C34H45N5O6. The molecule has 0 saturated carbocycles. The molecule has 1 aliphatic rings. The van der Waals surface area contributed by atoms with Gasteiger partial charge in [0.25, 0.3) is 0 Å². The third kappa shape index (κ3) is 11.8. The van der Waals surface area contributed by atoms with Gasteiger partial charge in [-0.05, 0) is 68.2 Å². The van der Waals surface area contributed by atoms with E-state index in [1.165, 1.54) is 0 Å². The fourth-order valence-electron chi connectivity index (χ4n) is 5.20. The fourth-order valence-corrected chi connectivity index (χ4v) is 5.20. The number of rotatable bonds is 16. The van der Waals surface area contributed by atoms with Gasteiger partial charge in [0.1, 0.15) is 18.7 Å². The van der Waals surface area contributed by atoms with Crippen LogP contribution in [0, 0.1) is 0 Å². The Morgan fingerprint density at radius 3 is 2.13 bits per heavy atom. The van der Waals surface area contributed by atoms with E-state index in [9.17, 15) is 24.3 Å². The number of allylic oxidation sites excluding steroid dienone is 1. The van der Waals surface area contributed by atoms with Crippen LogP contribution < -0.4 is 27.4 Å². The zero-order chi connectivity index (χ0) is 32.8. The first-order valence-electron chi connectivity index (χ1n) is 15.2. The predicted octanol–water partition coefficient (Wildman–Crippen LogP) is 2.53. The van der Waals surface area contributed by atoms with E-state index in [4.69, 9.17) is 16.2 Å². The molecule has 0 aromatic heterocycles. The molecule has 2 aromatic carbocycles. The molecule has 0 bridgehead atoms. The topological polar surface area (TPSA) is 186 Å². The Bertz CT molecular complexity index is 1360. The highest BCUT2D eigenvalue weighted by atomic mass is 16.5. The zero-order valence-corrected chi connectivity index (χ0v) is 26.0. The van der Waals surface area contributed by atoms with Gasteiger partial charge in [0.15, 0.2) is 0 Å². The minimum absolute atomic E-state index is 0.150. The first kappa shape index (κ1) is 35.0. The second kappa shape index (κ2) is 17.7. The van der Waals surface area contributed by atoms with Crippen molar-refractivity contribution in [3.63, 3.8) is 0 Å². The number of carbonyl (C=O) groups is 4. The number of alkyl carbamates (subject to hydrolysis) is 1. The van der Waals surface area contributed by atoms with Crippen LogP contribution in [0.15, 0.2) is 83.5 Å². The molecule has 0 fully saturated rings. The summed E-state index contributed by atoms with van der Waals surface area (Å²) in [6.07, 6.45) is 2.74. The Morgan fingerprint density at radius 1 is 0.889 bits per heavy atom. The van der Waals surface area contributed by atoms with Gasteiger partial charge in [-0.3, -0.25) is 14.4 Å². The minimum Gasteiger partial charge on any atom is -0.445 e.